The third-order valence-corrected chi connectivity index (χ3v) is 4.34. The Balaban J connectivity index is 2.22. The second-order valence-corrected chi connectivity index (χ2v) is 4.24. The minimum absolute atomic E-state index is 0.722. The third-order valence-electron chi connectivity index (χ3n) is 4.34. The molecule has 0 heterocycles. The van der Waals surface area contributed by atoms with E-state index in [0.717, 1.165) is 11.3 Å². The first-order chi connectivity index (χ1) is 5.33. The number of fused-ring (bicyclic) bond motifs is 2. The van der Waals surface area contributed by atoms with Crippen LogP contribution >= 0.6 is 0 Å². The molecule has 0 aliphatic heterocycles. The van der Waals surface area contributed by atoms with Gasteiger partial charge in [0.15, 0.2) is 0 Å². The van der Waals surface area contributed by atoms with Crippen LogP contribution in [0.25, 0.3) is 0 Å². The summed E-state index contributed by atoms with van der Waals surface area (Å²) in [4.78, 5) is 0. The van der Waals surface area contributed by atoms with Gasteiger partial charge in [-0.3, -0.25) is 0 Å². The van der Waals surface area contributed by atoms with Crippen LogP contribution < -0.4 is 0 Å². The fourth-order valence-corrected chi connectivity index (χ4v) is 3.63. The van der Waals surface area contributed by atoms with Gasteiger partial charge in [-0.25, -0.2) is 0 Å². The summed E-state index contributed by atoms with van der Waals surface area (Å²) in [5.74, 6) is 3.00. The zero-order valence-electron chi connectivity index (χ0n) is 7.82. The Labute approximate surface area is 70.4 Å². The molecule has 0 aromatic heterocycles. The van der Waals surface area contributed by atoms with Crippen LogP contribution in [0.2, 0.25) is 0 Å². The molecule has 2 aliphatic carbocycles. The van der Waals surface area contributed by atoms with Crippen molar-refractivity contribution in [3.8, 4) is 0 Å². The average Bonchev–Trinajstić information content (AvgIpc) is 2.59. The summed E-state index contributed by atoms with van der Waals surface area (Å²) in [5.41, 5.74) is 0.722. The van der Waals surface area contributed by atoms with Crippen LogP contribution in [0.4, 0.5) is 0 Å². The first-order valence-corrected chi connectivity index (χ1v) is 5.18. The molecule has 2 fully saturated rings. The monoisotopic (exact) mass is 151 g/mol. The van der Waals surface area contributed by atoms with Crippen molar-refractivity contribution in [2.24, 2.45) is 11.3 Å². The predicted octanol–water partition coefficient (Wildman–Crippen LogP) is 3.57. The zero-order chi connectivity index (χ0) is 7.90. The quantitative estimate of drug-likeness (QED) is 0.566. The molecule has 2 rings (SSSR count). The van der Waals surface area contributed by atoms with E-state index in [1.165, 1.54) is 38.5 Å². The van der Waals surface area contributed by atoms with Gasteiger partial charge in [0.2, 0.25) is 0 Å². The maximum atomic E-state index is 2.38. The number of rotatable bonds is 2. The largest absolute Gasteiger partial charge is 0.0648 e. The molecule has 2 bridgehead atoms. The molecule has 11 heavy (non-hydrogen) atoms. The van der Waals surface area contributed by atoms with Crippen molar-refractivity contribution in [2.75, 3.05) is 0 Å². The molecule has 0 atom stereocenters. The van der Waals surface area contributed by atoms with Gasteiger partial charge in [0.05, 0.1) is 0 Å². The smallest absolute Gasteiger partial charge is 0.0176 e. The van der Waals surface area contributed by atoms with Crippen LogP contribution in [0.5, 0.6) is 0 Å². The Morgan fingerprint density at radius 2 is 1.73 bits per heavy atom. The molecule has 0 heteroatoms. The molecule has 2 saturated carbocycles. The molecule has 63 valence electrons. The molecule has 2 aliphatic rings. The van der Waals surface area contributed by atoms with Crippen LogP contribution in [0.15, 0.2) is 0 Å². The molecular weight excluding hydrogens is 132 g/mol. The Bertz CT molecular complexity index is 122. The Morgan fingerprint density at radius 1 is 1.18 bits per heavy atom. The highest BCUT2D eigenvalue weighted by molar-refractivity contribution is 5.19. The van der Waals surface area contributed by atoms with Gasteiger partial charge >= 0.3 is 0 Å². The predicted molar refractivity (Wildman–Crippen MR) is 48.2 cm³/mol. The molecule has 0 amide bonds. The van der Waals surface area contributed by atoms with E-state index in [1.54, 1.807) is 0 Å². The number of hydrogen-bond donors (Lipinski definition) is 0. The van der Waals surface area contributed by atoms with E-state index in [2.05, 4.69) is 13.8 Å². The standard InChI is InChI=1S/C11H19/c1-3-11(4-2)9-5-6-10(11)8-7-9/h9H,3-8H2,1-2H3. The van der Waals surface area contributed by atoms with Gasteiger partial charge in [0.25, 0.3) is 0 Å². The van der Waals surface area contributed by atoms with E-state index in [9.17, 15) is 0 Å². The summed E-state index contributed by atoms with van der Waals surface area (Å²) in [6, 6.07) is 0. The van der Waals surface area contributed by atoms with Gasteiger partial charge in [0.1, 0.15) is 0 Å². The third kappa shape index (κ3) is 0.816. The minimum atomic E-state index is 0.722. The molecule has 0 nitrogen and oxygen atoms in total. The fraction of sp³-hybridized carbons (Fsp3) is 0.909. The van der Waals surface area contributed by atoms with Crippen molar-refractivity contribution < 1.29 is 0 Å². The van der Waals surface area contributed by atoms with Gasteiger partial charge in [-0.15, -0.1) is 0 Å². The summed E-state index contributed by atoms with van der Waals surface area (Å²) in [6.45, 7) is 4.76. The fourth-order valence-electron chi connectivity index (χ4n) is 3.63. The summed E-state index contributed by atoms with van der Waals surface area (Å²) >= 11 is 0. The van der Waals surface area contributed by atoms with Crippen LogP contribution in [0.3, 0.4) is 0 Å². The summed E-state index contributed by atoms with van der Waals surface area (Å²) in [6.07, 6.45) is 8.76. The van der Waals surface area contributed by atoms with Gasteiger partial charge in [-0.2, -0.15) is 0 Å². The first-order valence-electron chi connectivity index (χ1n) is 5.18. The van der Waals surface area contributed by atoms with Gasteiger partial charge in [-0.05, 0) is 55.8 Å². The van der Waals surface area contributed by atoms with Gasteiger partial charge in [-0.1, -0.05) is 13.8 Å². The normalized spacial score (nSPS) is 30.0. The van der Waals surface area contributed by atoms with E-state index >= 15 is 0 Å². The van der Waals surface area contributed by atoms with Crippen LogP contribution in [0.1, 0.15) is 52.4 Å². The molecule has 0 aromatic rings. The second kappa shape index (κ2) is 2.50. The number of hydrogen-bond acceptors (Lipinski definition) is 0. The van der Waals surface area contributed by atoms with Crippen LogP contribution in [-0.2, 0) is 0 Å². The summed E-state index contributed by atoms with van der Waals surface area (Å²) in [5, 5.41) is 0. The molecule has 0 saturated heterocycles. The second-order valence-electron chi connectivity index (χ2n) is 4.24. The lowest BCUT2D eigenvalue weighted by molar-refractivity contribution is 0.240. The molecule has 0 spiro atoms. The van der Waals surface area contributed by atoms with Gasteiger partial charge in [0, 0.05) is 0 Å². The maximum Gasteiger partial charge on any atom is -0.0176 e. The van der Waals surface area contributed by atoms with E-state index in [-0.39, 0.29) is 0 Å². The highest BCUT2D eigenvalue weighted by Gasteiger charge is 2.51. The van der Waals surface area contributed by atoms with Crippen LogP contribution in [-0.4, -0.2) is 0 Å². The lowest BCUT2D eigenvalue weighted by atomic mass is 9.73. The molecular formula is C11H19. The Kier molecular flexibility index (Phi) is 1.74. The molecule has 0 unspecified atom stereocenters. The summed E-state index contributed by atoms with van der Waals surface area (Å²) in [7, 11) is 0. The Morgan fingerprint density at radius 3 is 1.91 bits per heavy atom. The van der Waals surface area contributed by atoms with E-state index < -0.39 is 0 Å². The van der Waals surface area contributed by atoms with Crippen molar-refractivity contribution >= 4 is 0 Å². The first kappa shape index (κ1) is 7.64. The van der Waals surface area contributed by atoms with Crippen molar-refractivity contribution in [3.63, 3.8) is 0 Å². The van der Waals surface area contributed by atoms with Crippen LogP contribution in [0, 0.1) is 17.3 Å². The topological polar surface area (TPSA) is 0 Å². The lowest BCUT2D eigenvalue weighted by Gasteiger charge is -2.31. The average molecular weight is 151 g/mol. The highest BCUT2D eigenvalue weighted by atomic mass is 14.6. The Hall–Kier alpha value is 0. The lowest BCUT2D eigenvalue weighted by Crippen LogP contribution is -2.22. The van der Waals surface area contributed by atoms with E-state index in [1.807, 2.05) is 5.92 Å². The van der Waals surface area contributed by atoms with E-state index in [0.29, 0.717) is 0 Å². The molecule has 1 radical (unpaired) electrons. The van der Waals surface area contributed by atoms with Crippen molar-refractivity contribution in [2.45, 2.75) is 52.4 Å². The highest BCUT2D eigenvalue weighted by Crippen LogP contribution is 2.62. The van der Waals surface area contributed by atoms with Gasteiger partial charge < -0.3 is 0 Å². The zero-order valence-corrected chi connectivity index (χ0v) is 7.82. The van der Waals surface area contributed by atoms with E-state index in [4.69, 9.17) is 0 Å². The molecule has 0 aromatic carbocycles. The van der Waals surface area contributed by atoms with Crippen molar-refractivity contribution in [3.05, 3.63) is 5.92 Å². The minimum Gasteiger partial charge on any atom is -0.0648 e. The van der Waals surface area contributed by atoms with Crippen molar-refractivity contribution in [1.29, 1.82) is 0 Å². The summed E-state index contributed by atoms with van der Waals surface area (Å²) < 4.78 is 0. The maximum absolute atomic E-state index is 2.38. The SMILES string of the molecule is CCC1(CC)[C]2CCC1CC2. The van der Waals surface area contributed by atoms with Crippen molar-refractivity contribution in [1.82, 2.24) is 0 Å². The molecule has 0 N–H and O–H groups in total.